The van der Waals surface area contributed by atoms with Gasteiger partial charge in [-0.25, -0.2) is 0 Å². The van der Waals surface area contributed by atoms with E-state index in [1.165, 1.54) is 0 Å². The van der Waals surface area contributed by atoms with Gasteiger partial charge in [0.1, 0.15) is 11.5 Å². The summed E-state index contributed by atoms with van der Waals surface area (Å²) in [5.41, 5.74) is 4.27. The van der Waals surface area contributed by atoms with Crippen molar-refractivity contribution in [2.45, 2.75) is 66.2 Å². The van der Waals surface area contributed by atoms with E-state index < -0.39 is 5.92 Å². The summed E-state index contributed by atoms with van der Waals surface area (Å²) < 4.78 is 12.3. The lowest BCUT2D eigenvalue weighted by atomic mass is 9.63. The molecule has 2 aliphatic carbocycles. The van der Waals surface area contributed by atoms with Gasteiger partial charge in [-0.2, -0.15) is 0 Å². The van der Waals surface area contributed by atoms with Crippen molar-refractivity contribution in [1.29, 1.82) is 0 Å². The molecule has 0 saturated heterocycles. The van der Waals surface area contributed by atoms with Crippen molar-refractivity contribution >= 4 is 39.1 Å². The Kier molecular flexibility index (Phi) is 8.14. The molecule has 8 heteroatoms. The molecule has 0 saturated carbocycles. The maximum atomic E-state index is 14.0. The standard InChI is InChI=1S/C34H39BrN2O5/c1-7-37-23-15-33(2,3)17-25(38)31(23)30(32-24(37)16-34(4,5)18-26(32)39)21-14-20(35)12-13-27(21)42-19-29(40)36-22-10-8-9-11-28(22)41-6/h8-14,30H,7,15-19H2,1-6H3,(H,36,40). The fraction of sp³-hybridized carbons (Fsp3) is 0.441. The first-order chi connectivity index (χ1) is 19.8. The SMILES string of the molecule is CCN1C2=C(C(=O)CC(C)(C)C2)C(c2cc(Br)ccc2OCC(=O)Nc2ccccc2OC)C2=C1CC(C)(C)CC2=O. The van der Waals surface area contributed by atoms with Gasteiger partial charge in [0, 0.05) is 57.9 Å². The highest BCUT2D eigenvalue weighted by atomic mass is 79.9. The first kappa shape index (κ1) is 30.1. The van der Waals surface area contributed by atoms with Crippen LogP contribution in [0, 0.1) is 10.8 Å². The van der Waals surface area contributed by atoms with Crippen LogP contribution in [0.1, 0.15) is 71.8 Å². The average molecular weight is 636 g/mol. The molecule has 0 unspecified atom stereocenters. The van der Waals surface area contributed by atoms with Crippen LogP contribution in [0.5, 0.6) is 11.5 Å². The number of Topliss-reactive ketones (excluding diaryl/α,β-unsaturated/α-hetero) is 2. The molecule has 2 aromatic rings. The van der Waals surface area contributed by atoms with E-state index in [0.29, 0.717) is 53.3 Å². The van der Waals surface area contributed by atoms with Crippen LogP contribution in [-0.2, 0) is 14.4 Å². The summed E-state index contributed by atoms with van der Waals surface area (Å²) in [6.07, 6.45) is 2.31. The topological polar surface area (TPSA) is 84.9 Å². The molecule has 0 bridgehead atoms. The minimum absolute atomic E-state index is 0.0636. The quantitative estimate of drug-likeness (QED) is 0.347. The van der Waals surface area contributed by atoms with E-state index in [-0.39, 0.29) is 34.9 Å². The molecule has 5 rings (SSSR count). The number of methoxy groups -OCH3 is 1. The summed E-state index contributed by atoms with van der Waals surface area (Å²) in [6.45, 7) is 11.0. The summed E-state index contributed by atoms with van der Waals surface area (Å²) >= 11 is 3.61. The minimum atomic E-state index is -0.560. The van der Waals surface area contributed by atoms with Crippen molar-refractivity contribution in [2.24, 2.45) is 10.8 Å². The number of para-hydroxylation sites is 2. The van der Waals surface area contributed by atoms with Gasteiger partial charge in [-0.3, -0.25) is 14.4 Å². The lowest BCUT2D eigenvalue weighted by Crippen LogP contribution is -2.44. The number of carbonyl (C=O) groups excluding carboxylic acids is 3. The van der Waals surface area contributed by atoms with Gasteiger partial charge >= 0.3 is 0 Å². The lowest BCUT2D eigenvalue weighted by molar-refractivity contribution is -0.120. The number of halogens is 1. The Bertz CT molecular complexity index is 1470. The Hall–Kier alpha value is -3.39. The molecular formula is C34H39BrN2O5. The number of nitrogens with zero attached hydrogens (tertiary/aromatic N) is 1. The van der Waals surface area contributed by atoms with Crippen LogP contribution in [0.25, 0.3) is 0 Å². The van der Waals surface area contributed by atoms with Crippen LogP contribution < -0.4 is 14.8 Å². The van der Waals surface area contributed by atoms with Gasteiger partial charge in [0.25, 0.3) is 5.91 Å². The molecule has 7 nitrogen and oxygen atoms in total. The number of hydrogen-bond acceptors (Lipinski definition) is 6. The predicted octanol–water partition coefficient (Wildman–Crippen LogP) is 7.18. The minimum Gasteiger partial charge on any atom is -0.495 e. The second-order valence-corrected chi connectivity index (χ2v) is 13.9. The van der Waals surface area contributed by atoms with Crippen LogP contribution >= 0.6 is 15.9 Å². The van der Waals surface area contributed by atoms with E-state index in [4.69, 9.17) is 9.47 Å². The molecule has 1 N–H and O–H groups in total. The zero-order valence-electron chi connectivity index (χ0n) is 25.2. The van der Waals surface area contributed by atoms with E-state index in [1.807, 2.05) is 24.3 Å². The number of ketones is 2. The Labute approximate surface area is 256 Å². The molecule has 222 valence electrons. The summed E-state index contributed by atoms with van der Waals surface area (Å²) in [5, 5.41) is 2.85. The number of allylic oxidation sites excluding steroid dienone is 4. The third-order valence-corrected chi connectivity index (χ3v) is 8.85. The largest absolute Gasteiger partial charge is 0.495 e. The molecule has 2 aromatic carbocycles. The summed E-state index contributed by atoms with van der Waals surface area (Å²) in [6, 6.07) is 12.8. The highest BCUT2D eigenvalue weighted by molar-refractivity contribution is 9.10. The van der Waals surface area contributed by atoms with Crippen molar-refractivity contribution in [3.05, 3.63) is 75.0 Å². The van der Waals surface area contributed by atoms with Crippen molar-refractivity contribution in [3.63, 3.8) is 0 Å². The fourth-order valence-electron chi connectivity index (χ4n) is 6.69. The van der Waals surface area contributed by atoms with Crippen LogP contribution in [0.4, 0.5) is 5.69 Å². The second kappa shape index (κ2) is 11.4. The first-order valence-electron chi connectivity index (χ1n) is 14.5. The number of rotatable bonds is 7. The number of ether oxygens (including phenoxy) is 2. The zero-order valence-corrected chi connectivity index (χ0v) is 26.8. The van der Waals surface area contributed by atoms with Crippen LogP contribution in [0.15, 0.2) is 69.5 Å². The van der Waals surface area contributed by atoms with E-state index >= 15 is 0 Å². The number of benzene rings is 2. The highest BCUT2D eigenvalue weighted by Crippen LogP contribution is 2.55. The lowest BCUT2D eigenvalue weighted by Gasteiger charge is -2.49. The third kappa shape index (κ3) is 5.78. The van der Waals surface area contributed by atoms with Crippen molar-refractivity contribution in [3.8, 4) is 11.5 Å². The summed E-state index contributed by atoms with van der Waals surface area (Å²) in [5.74, 6) is 0.240. The molecule has 1 amide bonds. The molecule has 0 atom stereocenters. The molecule has 1 heterocycles. The van der Waals surface area contributed by atoms with Crippen molar-refractivity contribution in [1.82, 2.24) is 4.90 Å². The average Bonchev–Trinajstić information content (AvgIpc) is 2.90. The predicted molar refractivity (Wildman–Crippen MR) is 166 cm³/mol. The molecule has 0 aromatic heterocycles. The van der Waals surface area contributed by atoms with Gasteiger partial charge in [-0.1, -0.05) is 55.8 Å². The fourth-order valence-corrected chi connectivity index (χ4v) is 7.07. The van der Waals surface area contributed by atoms with Gasteiger partial charge in [-0.15, -0.1) is 0 Å². The van der Waals surface area contributed by atoms with Crippen molar-refractivity contribution < 1.29 is 23.9 Å². The normalized spacial score (nSPS) is 19.8. The van der Waals surface area contributed by atoms with Crippen LogP contribution in [-0.4, -0.2) is 42.6 Å². The van der Waals surface area contributed by atoms with Gasteiger partial charge in [0.15, 0.2) is 18.2 Å². The van der Waals surface area contributed by atoms with Gasteiger partial charge in [0.2, 0.25) is 0 Å². The Morgan fingerprint density at radius 2 is 1.52 bits per heavy atom. The van der Waals surface area contributed by atoms with E-state index in [1.54, 1.807) is 25.3 Å². The zero-order chi connectivity index (χ0) is 30.4. The Balaban J connectivity index is 1.58. The van der Waals surface area contributed by atoms with Gasteiger partial charge in [-0.05, 0) is 60.9 Å². The number of hydrogen-bond donors (Lipinski definition) is 1. The van der Waals surface area contributed by atoms with E-state index in [9.17, 15) is 14.4 Å². The molecule has 3 aliphatic rings. The van der Waals surface area contributed by atoms with Gasteiger partial charge in [0.05, 0.1) is 12.8 Å². The van der Waals surface area contributed by atoms with Gasteiger partial charge < -0.3 is 19.7 Å². The molecule has 0 radical (unpaired) electrons. The van der Waals surface area contributed by atoms with Crippen molar-refractivity contribution in [2.75, 3.05) is 25.6 Å². The first-order valence-corrected chi connectivity index (χ1v) is 15.3. The highest BCUT2D eigenvalue weighted by Gasteiger charge is 2.49. The van der Waals surface area contributed by atoms with Crippen LogP contribution in [0.2, 0.25) is 0 Å². The van der Waals surface area contributed by atoms with Crippen LogP contribution in [0.3, 0.4) is 0 Å². The number of anilines is 1. The molecule has 42 heavy (non-hydrogen) atoms. The molecule has 0 fully saturated rings. The Morgan fingerprint density at radius 3 is 2.10 bits per heavy atom. The summed E-state index contributed by atoms with van der Waals surface area (Å²) in [7, 11) is 1.55. The molecule has 1 aliphatic heterocycles. The van der Waals surface area contributed by atoms with E-state index in [2.05, 4.69) is 60.8 Å². The molecular weight excluding hydrogens is 596 g/mol. The monoisotopic (exact) mass is 634 g/mol. The smallest absolute Gasteiger partial charge is 0.262 e. The maximum absolute atomic E-state index is 14.0. The maximum Gasteiger partial charge on any atom is 0.262 e. The second-order valence-electron chi connectivity index (χ2n) is 13.0. The summed E-state index contributed by atoms with van der Waals surface area (Å²) in [4.78, 5) is 43.1. The number of carbonyl (C=O) groups is 3. The molecule has 0 spiro atoms. The Morgan fingerprint density at radius 1 is 0.929 bits per heavy atom. The third-order valence-electron chi connectivity index (χ3n) is 8.36. The number of nitrogens with one attached hydrogen (secondary N) is 1. The number of amides is 1. The van der Waals surface area contributed by atoms with E-state index in [0.717, 1.165) is 28.7 Å².